The number of aryl methyl sites for hydroxylation is 1. The summed E-state index contributed by atoms with van der Waals surface area (Å²) in [5, 5.41) is 8.71. The van der Waals surface area contributed by atoms with E-state index in [1.165, 1.54) is 28.7 Å². The van der Waals surface area contributed by atoms with Crippen molar-refractivity contribution in [2.45, 2.75) is 31.2 Å². The first-order valence-electron chi connectivity index (χ1n) is 12.5. The average Bonchev–Trinajstić information content (AvgIpc) is 3.60. The minimum atomic E-state index is -0.174. The maximum absolute atomic E-state index is 13.3. The highest BCUT2D eigenvalue weighted by atomic mass is 32.2. The summed E-state index contributed by atoms with van der Waals surface area (Å²) in [6.07, 6.45) is 0.871. The lowest BCUT2D eigenvalue weighted by molar-refractivity contribution is -0.116. The molecule has 3 aromatic carbocycles. The van der Waals surface area contributed by atoms with E-state index in [4.69, 9.17) is 0 Å². The fourth-order valence-corrected chi connectivity index (χ4v) is 6.88. The van der Waals surface area contributed by atoms with Crippen molar-refractivity contribution in [3.8, 4) is 5.69 Å². The summed E-state index contributed by atoms with van der Waals surface area (Å²) in [6.45, 7) is 4.04. The van der Waals surface area contributed by atoms with Crippen LogP contribution in [0.15, 0.2) is 89.8 Å². The van der Waals surface area contributed by atoms with Crippen LogP contribution in [0.2, 0.25) is 0 Å². The van der Waals surface area contributed by atoms with Crippen LogP contribution < -0.4 is 10.2 Å². The van der Waals surface area contributed by atoms with Crippen LogP contribution in [-0.4, -0.2) is 33.4 Å². The van der Waals surface area contributed by atoms with E-state index in [0.717, 1.165) is 38.6 Å². The topological polar surface area (TPSA) is 67.2 Å². The molecule has 8 heteroatoms. The second-order valence-electron chi connectivity index (χ2n) is 9.35. The number of thioether (sulfide) groups is 1. The van der Waals surface area contributed by atoms with Gasteiger partial charge in [-0.2, -0.15) is 5.10 Å². The summed E-state index contributed by atoms with van der Waals surface area (Å²) >= 11 is 2.87. The van der Waals surface area contributed by atoms with Crippen LogP contribution >= 0.6 is 23.1 Å². The van der Waals surface area contributed by atoms with Crippen molar-refractivity contribution < 1.29 is 9.59 Å². The van der Waals surface area contributed by atoms with E-state index < -0.39 is 0 Å². The molecule has 0 radical (unpaired) electrons. The molecule has 0 saturated carbocycles. The molecule has 2 aromatic heterocycles. The van der Waals surface area contributed by atoms with Crippen molar-refractivity contribution in [1.29, 1.82) is 0 Å². The smallest absolute Gasteiger partial charge is 0.265 e. The Morgan fingerprint density at radius 1 is 1.03 bits per heavy atom. The van der Waals surface area contributed by atoms with E-state index in [-0.39, 0.29) is 17.9 Å². The van der Waals surface area contributed by atoms with Crippen molar-refractivity contribution in [1.82, 2.24) is 9.78 Å². The summed E-state index contributed by atoms with van der Waals surface area (Å²) in [4.78, 5) is 30.8. The Morgan fingerprint density at radius 3 is 2.61 bits per heavy atom. The van der Waals surface area contributed by atoms with Gasteiger partial charge >= 0.3 is 0 Å². The molecule has 2 amide bonds. The predicted octanol–water partition coefficient (Wildman–Crippen LogP) is 6.72. The summed E-state index contributed by atoms with van der Waals surface area (Å²) in [6, 6.07) is 27.7. The number of aromatic nitrogens is 2. The molecule has 1 N–H and O–H groups in total. The molecule has 0 aliphatic carbocycles. The number of benzene rings is 3. The van der Waals surface area contributed by atoms with Gasteiger partial charge in [0.2, 0.25) is 5.91 Å². The Morgan fingerprint density at radius 2 is 1.76 bits per heavy atom. The Labute approximate surface area is 229 Å². The van der Waals surface area contributed by atoms with Gasteiger partial charge in [-0.1, -0.05) is 48.5 Å². The molecule has 1 aliphatic heterocycles. The Hall–Kier alpha value is -3.88. The van der Waals surface area contributed by atoms with Crippen LogP contribution in [-0.2, 0) is 11.2 Å². The molecule has 5 aromatic rings. The first kappa shape index (κ1) is 24.5. The number of nitrogens with zero attached hydrogens (tertiary/aromatic N) is 3. The average molecular weight is 539 g/mol. The predicted molar refractivity (Wildman–Crippen MR) is 156 cm³/mol. The van der Waals surface area contributed by atoms with Gasteiger partial charge in [0, 0.05) is 22.0 Å². The number of fused-ring (bicyclic) bond motifs is 2. The molecule has 0 fully saturated rings. The van der Waals surface area contributed by atoms with Gasteiger partial charge in [-0.25, -0.2) is 4.68 Å². The van der Waals surface area contributed by atoms with Crippen molar-refractivity contribution >= 4 is 56.5 Å². The molecule has 1 aliphatic rings. The lowest BCUT2D eigenvalue weighted by Crippen LogP contribution is -2.36. The number of para-hydroxylation sites is 3. The Bertz CT molecular complexity index is 1660. The van der Waals surface area contributed by atoms with Crippen molar-refractivity contribution in [3.63, 3.8) is 0 Å². The maximum Gasteiger partial charge on any atom is 0.265 e. The number of carbonyl (C=O) groups excluding carboxylic acids is 2. The van der Waals surface area contributed by atoms with Crippen LogP contribution in [0.1, 0.15) is 27.9 Å². The fraction of sp³-hybridized carbons (Fsp3) is 0.167. The van der Waals surface area contributed by atoms with E-state index in [0.29, 0.717) is 16.3 Å². The second kappa shape index (κ2) is 10.1. The standard InChI is InChI=1S/C30H26N4O2S2/c1-19-16-21-10-6-8-14-25(21)33(19)28(35)18-37-26-15-9-7-13-24(26)31-29(36)27-17-23-20(2)32-34(30(23)38-27)22-11-4-3-5-12-22/h3-15,17,19H,16,18H2,1-2H3,(H,31,36)/t19-/m0/s1. The zero-order valence-electron chi connectivity index (χ0n) is 21.0. The normalized spacial score (nSPS) is 14.6. The maximum atomic E-state index is 13.3. The number of carbonyl (C=O) groups is 2. The molecule has 6 rings (SSSR count). The quantitative estimate of drug-likeness (QED) is 0.244. The number of nitrogens with one attached hydrogen (secondary N) is 1. The first-order valence-corrected chi connectivity index (χ1v) is 14.3. The molecule has 0 saturated heterocycles. The van der Waals surface area contributed by atoms with E-state index in [9.17, 15) is 9.59 Å². The first-order chi connectivity index (χ1) is 18.5. The number of thiophene rings is 1. The number of hydrogen-bond acceptors (Lipinski definition) is 5. The fourth-order valence-electron chi connectivity index (χ4n) is 4.94. The monoisotopic (exact) mass is 538 g/mol. The van der Waals surface area contributed by atoms with Gasteiger partial charge in [-0.15, -0.1) is 23.1 Å². The van der Waals surface area contributed by atoms with E-state index >= 15 is 0 Å². The van der Waals surface area contributed by atoms with Crippen LogP contribution in [0.3, 0.4) is 0 Å². The number of rotatable bonds is 6. The zero-order chi connectivity index (χ0) is 26.2. The highest BCUT2D eigenvalue weighted by Crippen LogP contribution is 2.35. The molecule has 6 nitrogen and oxygen atoms in total. The summed E-state index contributed by atoms with van der Waals surface area (Å²) < 4.78 is 1.89. The molecule has 0 spiro atoms. The van der Waals surface area contributed by atoms with Crippen LogP contribution in [0.4, 0.5) is 11.4 Å². The molecule has 1 atom stereocenters. The number of amides is 2. The molecule has 0 unspecified atom stereocenters. The zero-order valence-corrected chi connectivity index (χ0v) is 22.7. The second-order valence-corrected chi connectivity index (χ2v) is 11.4. The largest absolute Gasteiger partial charge is 0.320 e. The van der Waals surface area contributed by atoms with Crippen LogP contribution in [0.5, 0.6) is 0 Å². The molecule has 0 bridgehead atoms. The number of anilines is 2. The minimum Gasteiger partial charge on any atom is -0.320 e. The molecular weight excluding hydrogens is 512 g/mol. The number of hydrogen-bond donors (Lipinski definition) is 1. The van der Waals surface area contributed by atoms with Gasteiger partial charge in [-0.05, 0) is 62.2 Å². The van der Waals surface area contributed by atoms with Crippen molar-refractivity contribution in [3.05, 3.63) is 101 Å². The SMILES string of the molecule is Cc1nn(-c2ccccc2)c2sc(C(=O)Nc3ccccc3SCC(=O)N3c4ccccc4C[C@@H]3C)cc12. The van der Waals surface area contributed by atoms with Gasteiger partial charge in [-0.3, -0.25) is 9.59 Å². The Kier molecular flexibility index (Phi) is 6.51. The third-order valence-corrected chi connectivity index (χ3v) is 8.90. The lowest BCUT2D eigenvalue weighted by atomic mass is 10.1. The summed E-state index contributed by atoms with van der Waals surface area (Å²) in [7, 11) is 0. The molecular formula is C30H26N4O2S2. The van der Waals surface area contributed by atoms with E-state index in [2.05, 4.69) is 23.4 Å². The van der Waals surface area contributed by atoms with Gasteiger partial charge in [0.05, 0.1) is 27.7 Å². The van der Waals surface area contributed by atoms with Crippen LogP contribution in [0.25, 0.3) is 15.9 Å². The van der Waals surface area contributed by atoms with Crippen molar-refractivity contribution in [2.24, 2.45) is 0 Å². The lowest BCUT2D eigenvalue weighted by Gasteiger charge is -2.22. The minimum absolute atomic E-state index is 0.0685. The van der Waals surface area contributed by atoms with Gasteiger partial charge in [0.1, 0.15) is 4.83 Å². The third kappa shape index (κ3) is 4.50. The third-order valence-electron chi connectivity index (χ3n) is 6.73. The van der Waals surface area contributed by atoms with Gasteiger partial charge in [0.15, 0.2) is 0 Å². The molecule has 190 valence electrons. The summed E-state index contributed by atoms with van der Waals surface area (Å²) in [5.74, 6) is 0.186. The van der Waals surface area contributed by atoms with Crippen molar-refractivity contribution in [2.75, 3.05) is 16.0 Å². The van der Waals surface area contributed by atoms with E-state index in [1.807, 2.05) is 95.4 Å². The van der Waals surface area contributed by atoms with E-state index in [1.54, 1.807) is 0 Å². The van der Waals surface area contributed by atoms with Gasteiger partial charge in [0.25, 0.3) is 5.91 Å². The summed E-state index contributed by atoms with van der Waals surface area (Å²) in [5.41, 5.74) is 4.75. The molecule has 38 heavy (non-hydrogen) atoms. The molecule has 3 heterocycles. The highest BCUT2D eigenvalue weighted by Gasteiger charge is 2.30. The highest BCUT2D eigenvalue weighted by molar-refractivity contribution is 8.00. The Balaban J connectivity index is 1.19. The van der Waals surface area contributed by atoms with Crippen LogP contribution in [0, 0.1) is 6.92 Å². The van der Waals surface area contributed by atoms with Gasteiger partial charge < -0.3 is 10.2 Å².